The molecule has 5 nitrogen and oxygen atoms in total. The smallest absolute Gasteiger partial charge is 0.408 e. The van der Waals surface area contributed by atoms with Crippen LogP contribution in [0.3, 0.4) is 0 Å². The third-order valence-electron chi connectivity index (χ3n) is 4.89. The topological polar surface area (TPSA) is 56.8 Å². The van der Waals surface area contributed by atoms with Gasteiger partial charge in [-0.3, -0.25) is 0 Å². The normalized spacial score (nSPS) is 21.6. The highest BCUT2D eigenvalue weighted by Gasteiger charge is 2.39. The predicted molar refractivity (Wildman–Crippen MR) is 113 cm³/mol. The molecule has 1 saturated carbocycles. The van der Waals surface area contributed by atoms with E-state index in [1.165, 1.54) is 0 Å². The Morgan fingerprint density at radius 2 is 1.66 bits per heavy atom. The molecule has 2 aromatic rings. The summed E-state index contributed by atoms with van der Waals surface area (Å²) in [4.78, 5) is 12.4. The Kier molecular flexibility index (Phi) is 7.15. The van der Waals surface area contributed by atoms with Gasteiger partial charge in [-0.15, -0.1) is 0 Å². The molecule has 2 aromatic carbocycles. The van der Waals surface area contributed by atoms with Crippen molar-refractivity contribution in [3.63, 3.8) is 0 Å². The lowest BCUT2D eigenvalue weighted by Crippen LogP contribution is -2.48. The molecule has 0 aliphatic heterocycles. The van der Waals surface area contributed by atoms with Gasteiger partial charge >= 0.3 is 6.09 Å². The van der Waals surface area contributed by atoms with Crippen LogP contribution in [0.25, 0.3) is 0 Å². The summed E-state index contributed by atoms with van der Waals surface area (Å²) in [5, 5.41) is 3.04. The lowest BCUT2D eigenvalue weighted by atomic mass is 10.0. The van der Waals surface area contributed by atoms with Gasteiger partial charge in [0, 0.05) is 5.92 Å². The number of amides is 1. The minimum atomic E-state index is -0.544. The van der Waals surface area contributed by atoms with E-state index >= 15 is 0 Å². The van der Waals surface area contributed by atoms with Gasteiger partial charge in [0.25, 0.3) is 0 Å². The number of hydrogen-bond acceptors (Lipinski definition) is 4. The van der Waals surface area contributed by atoms with Crippen molar-refractivity contribution in [2.24, 2.45) is 5.92 Å². The SMILES string of the molecule is CC(C)(C)OC(=O)N[C@H]1[C@H](COCc2ccccc2)CC[C@@H]1Oc1ccccc1. The minimum absolute atomic E-state index is 0.116. The van der Waals surface area contributed by atoms with E-state index < -0.39 is 11.7 Å². The molecule has 3 atom stereocenters. The van der Waals surface area contributed by atoms with Gasteiger partial charge in [0.1, 0.15) is 17.5 Å². The zero-order chi connectivity index (χ0) is 20.7. The lowest BCUT2D eigenvalue weighted by molar-refractivity contribution is 0.0362. The molecule has 0 spiro atoms. The molecule has 1 aliphatic carbocycles. The van der Waals surface area contributed by atoms with Crippen LogP contribution in [0.4, 0.5) is 4.79 Å². The quantitative estimate of drug-likeness (QED) is 0.718. The first kappa shape index (κ1) is 21.2. The first-order chi connectivity index (χ1) is 13.9. The molecule has 1 amide bonds. The van der Waals surface area contributed by atoms with Crippen molar-refractivity contribution in [2.45, 2.75) is 58.0 Å². The summed E-state index contributed by atoms with van der Waals surface area (Å²) in [5.41, 5.74) is 0.594. The number of alkyl carbamates (subject to hydrolysis) is 1. The monoisotopic (exact) mass is 397 g/mol. The molecular formula is C24H31NO4. The van der Waals surface area contributed by atoms with E-state index in [0.29, 0.717) is 13.2 Å². The van der Waals surface area contributed by atoms with E-state index in [4.69, 9.17) is 14.2 Å². The van der Waals surface area contributed by atoms with Gasteiger partial charge in [-0.25, -0.2) is 4.79 Å². The van der Waals surface area contributed by atoms with E-state index in [0.717, 1.165) is 24.2 Å². The number of ether oxygens (including phenoxy) is 3. The second-order valence-corrected chi connectivity index (χ2v) is 8.48. The summed E-state index contributed by atoms with van der Waals surface area (Å²) in [6, 6.07) is 19.6. The number of benzene rings is 2. The number of nitrogens with one attached hydrogen (secondary N) is 1. The van der Waals surface area contributed by atoms with Crippen molar-refractivity contribution < 1.29 is 19.0 Å². The number of hydrogen-bond donors (Lipinski definition) is 1. The van der Waals surface area contributed by atoms with Gasteiger partial charge in [-0.05, 0) is 51.3 Å². The molecule has 0 unspecified atom stereocenters. The summed E-state index contributed by atoms with van der Waals surface area (Å²) < 4.78 is 17.6. The van der Waals surface area contributed by atoms with E-state index in [-0.39, 0.29) is 18.1 Å². The fourth-order valence-electron chi connectivity index (χ4n) is 3.59. The predicted octanol–water partition coefficient (Wildman–Crippen LogP) is 4.95. The highest BCUT2D eigenvalue weighted by Crippen LogP contribution is 2.30. The van der Waals surface area contributed by atoms with Crippen LogP contribution < -0.4 is 10.1 Å². The second kappa shape index (κ2) is 9.79. The third kappa shape index (κ3) is 6.79. The zero-order valence-electron chi connectivity index (χ0n) is 17.5. The fourth-order valence-corrected chi connectivity index (χ4v) is 3.59. The molecule has 3 rings (SSSR count). The molecule has 1 N–H and O–H groups in total. The summed E-state index contributed by atoms with van der Waals surface area (Å²) in [7, 11) is 0. The van der Waals surface area contributed by atoms with E-state index in [2.05, 4.69) is 5.32 Å². The van der Waals surface area contributed by atoms with Crippen molar-refractivity contribution in [3.05, 3.63) is 66.2 Å². The fraction of sp³-hybridized carbons (Fsp3) is 0.458. The summed E-state index contributed by atoms with van der Waals surface area (Å²) in [6.07, 6.45) is 1.25. The number of carbonyl (C=O) groups is 1. The van der Waals surface area contributed by atoms with Gasteiger partial charge in [-0.1, -0.05) is 48.5 Å². The van der Waals surface area contributed by atoms with Crippen molar-refractivity contribution in [1.29, 1.82) is 0 Å². The molecule has 29 heavy (non-hydrogen) atoms. The number of carbonyl (C=O) groups excluding carboxylic acids is 1. The largest absolute Gasteiger partial charge is 0.488 e. The highest BCUT2D eigenvalue weighted by atomic mass is 16.6. The maximum atomic E-state index is 12.4. The van der Waals surface area contributed by atoms with Gasteiger partial charge in [0.15, 0.2) is 0 Å². The maximum Gasteiger partial charge on any atom is 0.408 e. The zero-order valence-corrected chi connectivity index (χ0v) is 17.5. The maximum absolute atomic E-state index is 12.4. The molecular weight excluding hydrogens is 366 g/mol. The Balaban J connectivity index is 1.62. The Bertz CT molecular complexity index is 757. The van der Waals surface area contributed by atoms with Crippen LogP contribution in [0.5, 0.6) is 5.75 Å². The molecule has 0 saturated heterocycles. The Labute approximate surface area is 173 Å². The molecule has 156 valence electrons. The number of rotatable bonds is 7. The minimum Gasteiger partial charge on any atom is -0.488 e. The number of para-hydroxylation sites is 1. The van der Waals surface area contributed by atoms with Crippen LogP contribution in [0.2, 0.25) is 0 Å². The summed E-state index contributed by atoms with van der Waals surface area (Å²) >= 11 is 0. The van der Waals surface area contributed by atoms with Crippen molar-refractivity contribution in [3.8, 4) is 5.75 Å². The summed E-state index contributed by atoms with van der Waals surface area (Å²) in [6.45, 7) is 6.70. The van der Waals surface area contributed by atoms with E-state index in [1.807, 2.05) is 81.4 Å². The molecule has 0 radical (unpaired) electrons. The molecule has 5 heteroatoms. The molecule has 1 fully saturated rings. The average Bonchev–Trinajstić information content (AvgIpc) is 3.03. The van der Waals surface area contributed by atoms with Crippen molar-refractivity contribution in [1.82, 2.24) is 5.32 Å². The molecule has 0 aromatic heterocycles. The van der Waals surface area contributed by atoms with Crippen molar-refractivity contribution in [2.75, 3.05) is 6.61 Å². The van der Waals surface area contributed by atoms with Crippen LogP contribution in [0.1, 0.15) is 39.2 Å². The third-order valence-corrected chi connectivity index (χ3v) is 4.89. The van der Waals surface area contributed by atoms with Crippen LogP contribution in [-0.2, 0) is 16.1 Å². The molecule has 0 heterocycles. The molecule has 0 bridgehead atoms. The van der Waals surface area contributed by atoms with Crippen LogP contribution in [0, 0.1) is 5.92 Å². The lowest BCUT2D eigenvalue weighted by Gasteiger charge is -2.28. The first-order valence-electron chi connectivity index (χ1n) is 10.2. The Morgan fingerprint density at radius 1 is 1.00 bits per heavy atom. The summed E-state index contributed by atoms with van der Waals surface area (Å²) in [5.74, 6) is 0.972. The molecule has 1 aliphatic rings. The van der Waals surface area contributed by atoms with Crippen LogP contribution in [0.15, 0.2) is 60.7 Å². The average molecular weight is 398 g/mol. The second-order valence-electron chi connectivity index (χ2n) is 8.48. The van der Waals surface area contributed by atoms with Gasteiger partial charge < -0.3 is 19.5 Å². The van der Waals surface area contributed by atoms with Gasteiger partial charge in [0.2, 0.25) is 0 Å². The Morgan fingerprint density at radius 3 is 2.31 bits per heavy atom. The van der Waals surface area contributed by atoms with Crippen molar-refractivity contribution >= 4 is 6.09 Å². The first-order valence-corrected chi connectivity index (χ1v) is 10.2. The van der Waals surface area contributed by atoms with Gasteiger partial charge in [0.05, 0.1) is 19.3 Å². The highest BCUT2D eigenvalue weighted by molar-refractivity contribution is 5.68. The standard InChI is InChI=1S/C24H31NO4/c1-24(2,3)29-23(26)25-22-19(17-27-16-18-10-6-4-7-11-18)14-15-21(22)28-20-12-8-5-9-13-20/h4-13,19,21-22H,14-17H2,1-3H3,(H,25,26)/t19-,21-,22-/m0/s1. The van der Waals surface area contributed by atoms with Crippen LogP contribution >= 0.6 is 0 Å². The van der Waals surface area contributed by atoms with Gasteiger partial charge in [-0.2, -0.15) is 0 Å². The van der Waals surface area contributed by atoms with Crippen LogP contribution in [-0.4, -0.2) is 30.4 Å². The van der Waals surface area contributed by atoms with E-state index in [1.54, 1.807) is 0 Å². The Hall–Kier alpha value is -2.53. The van der Waals surface area contributed by atoms with E-state index in [9.17, 15) is 4.79 Å².